The molecule has 2 aromatic rings. The van der Waals surface area contributed by atoms with Crippen LogP contribution in [0.5, 0.6) is 0 Å². The number of aromatic nitrogens is 2. The average molecular weight is 353 g/mol. The zero-order valence-corrected chi connectivity index (χ0v) is 14.9. The molecule has 6 nitrogen and oxygen atoms in total. The third-order valence-electron chi connectivity index (χ3n) is 4.44. The lowest BCUT2D eigenvalue weighted by molar-refractivity contribution is 0.0113. The zero-order chi connectivity index (χ0) is 16.4. The Labute approximate surface area is 148 Å². The third kappa shape index (κ3) is 3.88. The molecule has 0 spiro atoms. The van der Waals surface area contributed by atoms with Gasteiger partial charge in [0.1, 0.15) is 5.52 Å². The number of nitrogens with zero attached hydrogens (tertiary/aromatic N) is 2. The molecule has 1 aliphatic heterocycles. The van der Waals surface area contributed by atoms with Crippen molar-refractivity contribution in [1.82, 2.24) is 20.4 Å². The largest absolute Gasteiger partial charge is 0.388 e. The Kier molecular flexibility index (Phi) is 5.85. The number of halogens is 1. The summed E-state index contributed by atoms with van der Waals surface area (Å²) >= 11 is 0. The standard InChI is InChI=1S/C17H24N4O2.ClH/c1-12(2)21-10-13-4-3-5-14(15(13)20-21)16(22)19-11-17(23)6-8-18-9-7-17;/h3-5,10,12,18,23H,6-9,11H2,1-2H3,(H,19,22);1H. The molecule has 0 unspecified atom stereocenters. The summed E-state index contributed by atoms with van der Waals surface area (Å²) in [6.07, 6.45) is 3.26. The number of carbonyl (C=O) groups is 1. The van der Waals surface area contributed by atoms with Gasteiger partial charge in [-0.2, -0.15) is 5.10 Å². The molecule has 0 atom stereocenters. The van der Waals surface area contributed by atoms with E-state index in [9.17, 15) is 9.90 Å². The molecule has 7 heteroatoms. The molecule has 132 valence electrons. The number of benzene rings is 1. The fourth-order valence-electron chi connectivity index (χ4n) is 2.92. The minimum Gasteiger partial charge on any atom is -0.388 e. The van der Waals surface area contributed by atoms with Crippen LogP contribution in [0.15, 0.2) is 24.4 Å². The molecule has 2 heterocycles. The van der Waals surface area contributed by atoms with E-state index in [1.54, 1.807) is 6.07 Å². The summed E-state index contributed by atoms with van der Waals surface area (Å²) in [5.74, 6) is -0.184. The molecular formula is C17H25ClN4O2. The van der Waals surface area contributed by atoms with Crippen LogP contribution >= 0.6 is 12.4 Å². The monoisotopic (exact) mass is 352 g/mol. The van der Waals surface area contributed by atoms with Gasteiger partial charge in [0, 0.05) is 24.2 Å². The molecule has 3 N–H and O–H groups in total. The Balaban J connectivity index is 0.00000208. The maximum absolute atomic E-state index is 12.5. The normalized spacial score (nSPS) is 16.8. The van der Waals surface area contributed by atoms with E-state index in [4.69, 9.17) is 0 Å². The lowest BCUT2D eigenvalue weighted by Crippen LogP contribution is -2.49. The first kappa shape index (κ1) is 18.7. The van der Waals surface area contributed by atoms with E-state index in [0.29, 0.717) is 23.9 Å². The maximum Gasteiger partial charge on any atom is 0.253 e. The zero-order valence-electron chi connectivity index (χ0n) is 14.1. The van der Waals surface area contributed by atoms with Gasteiger partial charge < -0.3 is 15.7 Å². The Morgan fingerprint density at radius 1 is 1.42 bits per heavy atom. The number of rotatable bonds is 4. The van der Waals surface area contributed by atoms with Crippen LogP contribution in [0.3, 0.4) is 0 Å². The second-order valence-electron chi connectivity index (χ2n) is 6.60. The van der Waals surface area contributed by atoms with Crippen LogP contribution in [-0.2, 0) is 0 Å². The first-order valence-corrected chi connectivity index (χ1v) is 8.18. The van der Waals surface area contributed by atoms with Crippen molar-refractivity contribution in [3.63, 3.8) is 0 Å². The number of hydrogen-bond donors (Lipinski definition) is 3. The van der Waals surface area contributed by atoms with Gasteiger partial charge in [0.05, 0.1) is 11.2 Å². The van der Waals surface area contributed by atoms with Crippen molar-refractivity contribution >= 4 is 29.2 Å². The van der Waals surface area contributed by atoms with E-state index in [1.165, 1.54) is 0 Å². The maximum atomic E-state index is 12.5. The minimum atomic E-state index is -0.813. The second kappa shape index (κ2) is 7.51. The highest BCUT2D eigenvalue weighted by Gasteiger charge is 2.29. The fraction of sp³-hybridized carbons (Fsp3) is 0.529. The predicted octanol–water partition coefficient (Wildman–Crippen LogP) is 1.88. The van der Waals surface area contributed by atoms with E-state index >= 15 is 0 Å². The first-order valence-electron chi connectivity index (χ1n) is 8.18. The second-order valence-corrected chi connectivity index (χ2v) is 6.60. The molecule has 1 saturated heterocycles. The van der Waals surface area contributed by atoms with Gasteiger partial charge in [-0.15, -0.1) is 12.4 Å². The summed E-state index contributed by atoms with van der Waals surface area (Å²) in [4.78, 5) is 12.5. The average Bonchev–Trinajstić information content (AvgIpc) is 2.98. The summed E-state index contributed by atoms with van der Waals surface area (Å²) in [7, 11) is 0. The van der Waals surface area contributed by atoms with E-state index in [1.807, 2.05) is 23.0 Å². The summed E-state index contributed by atoms with van der Waals surface area (Å²) in [5, 5.41) is 22.0. The van der Waals surface area contributed by atoms with Gasteiger partial charge in [0.15, 0.2) is 0 Å². The lowest BCUT2D eigenvalue weighted by Gasteiger charge is -2.32. The van der Waals surface area contributed by atoms with E-state index in [2.05, 4.69) is 29.6 Å². The highest BCUT2D eigenvalue weighted by molar-refractivity contribution is 6.05. The van der Waals surface area contributed by atoms with Gasteiger partial charge in [-0.1, -0.05) is 12.1 Å². The summed E-state index contributed by atoms with van der Waals surface area (Å²) < 4.78 is 1.86. The van der Waals surface area contributed by atoms with Gasteiger partial charge in [0.2, 0.25) is 0 Å². The SMILES string of the molecule is CC(C)n1cc2cccc(C(=O)NCC3(O)CCNCC3)c2n1.Cl. The van der Waals surface area contributed by atoms with Gasteiger partial charge in [-0.05, 0) is 45.8 Å². The molecule has 0 bridgehead atoms. The van der Waals surface area contributed by atoms with Crippen LogP contribution in [0.2, 0.25) is 0 Å². The van der Waals surface area contributed by atoms with Crippen molar-refractivity contribution in [3.05, 3.63) is 30.0 Å². The molecule has 24 heavy (non-hydrogen) atoms. The minimum absolute atomic E-state index is 0. The van der Waals surface area contributed by atoms with Crippen LogP contribution in [0.25, 0.3) is 10.9 Å². The van der Waals surface area contributed by atoms with Gasteiger partial charge in [0.25, 0.3) is 5.91 Å². The van der Waals surface area contributed by atoms with Crippen molar-refractivity contribution in [2.75, 3.05) is 19.6 Å². The van der Waals surface area contributed by atoms with Crippen LogP contribution < -0.4 is 10.6 Å². The van der Waals surface area contributed by atoms with Crippen molar-refractivity contribution in [2.45, 2.75) is 38.3 Å². The van der Waals surface area contributed by atoms with Gasteiger partial charge >= 0.3 is 0 Å². The first-order chi connectivity index (χ1) is 11.0. The van der Waals surface area contributed by atoms with Gasteiger partial charge in [-0.25, -0.2) is 0 Å². The molecule has 1 aromatic carbocycles. The van der Waals surface area contributed by atoms with Crippen molar-refractivity contribution in [1.29, 1.82) is 0 Å². The molecule has 3 rings (SSSR count). The topological polar surface area (TPSA) is 79.2 Å². The molecule has 1 aliphatic rings. The smallest absolute Gasteiger partial charge is 0.253 e. The van der Waals surface area contributed by atoms with E-state index in [0.717, 1.165) is 18.5 Å². The van der Waals surface area contributed by atoms with Gasteiger partial charge in [-0.3, -0.25) is 9.48 Å². The van der Waals surface area contributed by atoms with Crippen LogP contribution in [0, 0.1) is 0 Å². The molecule has 1 amide bonds. The Morgan fingerprint density at radius 3 is 2.79 bits per heavy atom. The number of nitrogens with one attached hydrogen (secondary N) is 2. The summed E-state index contributed by atoms with van der Waals surface area (Å²) in [6.45, 7) is 5.94. The number of hydrogen-bond acceptors (Lipinski definition) is 4. The van der Waals surface area contributed by atoms with Crippen LogP contribution in [0.4, 0.5) is 0 Å². The Bertz CT molecular complexity index is 708. The molecule has 1 aromatic heterocycles. The molecular weight excluding hydrogens is 328 g/mol. The molecule has 0 aliphatic carbocycles. The summed E-state index contributed by atoms with van der Waals surface area (Å²) in [5.41, 5.74) is 0.446. The highest BCUT2D eigenvalue weighted by Crippen LogP contribution is 2.20. The number of aliphatic hydroxyl groups is 1. The summed E-state index contributed by atoms with van der Waals surface area (Å²) in [6, 6.07) is 5.84. The quantitative estimate of drug-likeness (QED) is 0.785. The third-order valence-corrected chi connectivity index (χ3v) is 4.44. The number of amides is 1. The lowest BCUT2D eigenvalue weighted by atomic mass is 9.92. The van der Waals surface area contributed by atoms with Crippen LogP contribution in [0.1, 0.15) is 43.1 Å². The molecule has 0 saturated carbocycles. The Hall–Kier alpha value is -1.63. The predicted molar refractivity (Wildman–Crippen MR) is 96.8 cm³/mol. The number of piperidine rings is 1. The number of carbonyl (C=O) groups excluding carboxylic acids is 1. The Morgan fingerprint density at radius 2 is 2.12 bits per heavy atom. The van der Waals surface area contributed by atoms with E-state index < -0.39 is 5.60 Å². The molecule has 0 radical (unpaired) electrons. The fourth-order valence-corrected chi connectivity index (χ4v) is 2.92. The molecule has 1 fully saturated rings. The van der Waals surface area contributed by atoms with Crippen molar-refractivity contribution < 1.29 is 9.90 Å². The highest BCUT2D eigenvalue weighted by atomic mass is 35.5. The van der Waals surface area contributed by atoms with Crippen molar-refractivity contribution in [3.8, 4) is 0 Å². The van der Waals surface area contributed by atoms with Crippen LogP contribution in [-0.4, -0.2) is 46.0 Å². The number of fused-ring (bicyclic) bond motifs is 1. The van der Waals surface area contributed by atoms with E-state index in [-0.39, 0.29) is 30.9 Å². The van der Waals surface area contributed by atoms with Crippen molar-refractivity contribution in [2.24, 2.45) is 0 Å².